The number of amides is 1. The van der Waals surface area contributed by atoms with Crippen molar-refractivity contribution in [3.05, 3.63) is 77.7 Å². The summed E-state index contributed by atoms with van der Waals surface area (Å²) < 4.78 is 14.3. The lowest BCUT2D eigenvalue weighted by atomic mass is 9.76. The Kier molecular flexibility index (Phi) is 9.28. The molecule has 2 aromatic heterocycles. The van der Waals surface area contributed by atoms with Gasteiger partial charge in [-0.2, -0.15) is 9.61 Å². The number of nitrogens with two attached hydrogens (primary N) is 1. The van der Waals surface area contributed by atoms with Crippen molar-refractivity contribution >= 4 is 23.3 Å². The number of rotatable bonds is 4. The number of carboxylic acids is 1. The van der Waals surface area contributed by atoms with Gasteiger partial charge in [-0.3, -0.25) is 4.79 Å². The van der Waals surface area contributed by atoms with Crippen LogP contribution < -0.4 is 15.4 Å². The average Bonchev–Trinajstić information content (AvgIpc) is 3.46. The van der Waals surface area contributed by atoms with E-state index >= 15 is 0 Å². The minimum Gasteiger partial charge on any atom is -0.479 e. The number of nitrogens with zero attached hydrogens (tertiary/aromatic N) is 4. The van der Waals surface area contributed by atoms with E-state index in [0.717, 1.165) is 74.7 Å². The van der Waals surface area contributed by atoms with Crippen LogP contribution in [0.5, 0.6) is 5.75 Å². The van der Waals surface area contributed by atoms with Gasteiger partial charge in [0, 0.05) is 48.0 Å². The number of carbonyl (C=O) groups excluding carboxylic acids is 1. The molecule has 3 N–H and O–H groups in total. The number of hydrogen-bond donors (Lipinski definition) is 2. The molecular formula is C39H47N5O5. The highest BCUT2D eigenvalue weighted by Gasteiger charge is 2.37. The van der Waals surface area contributed by atoms with Crippen molar-refractivity contribution in [2.24, 2.45) is 11.1 Å². The first kappa shape index (κ1) is 34.2. The van der Waals surface area contributed by atoms with Gasteiger partial charge in [0.2, 0.25) is 5.91 Å². The van der Waals surface area contributed by atoms with E-state index in [1.54, 1.807) is 22.7 Å². The molecule has 6 bridgehead atoms. The summed E-state index contributed by atoms with van der Waals surface area (Å²) in [5.74, 6) is 0.391. The molecule has 0 aliphatic carbocycles. The summed E-state index contributed by atoms with van der Waals surface area (Å²) in [6.07, 6.45) is 5.69. The fourth-order valence-electron chi connectivity index (χ4n) is 7.06. The molecule has 3 aliphatic heterocycles. The van der Waals surface area contributed by atoms with E-state index in [4.69, 9.17) is 25.3 Å². The topological polar surface area (TPSA) is 132 Å². The molecule has 10 heteroatoms. The molecule has 3 aliphatic rings. The SMILES string of the molecule is C=C1CCCCCC2(C)CCN(CC2)c2c([C@H](OC(C)(C)C)C(=O)O)c(C)nc3cc(nn23)-c2cccc(c2)-c2cc(C(N)=O)ccc2O1. The molecule has 7 rings (SSSR count). The van der Waals surface area contributed by atoms with Gasteiger partial charge >= 0.3 is 5.97 Å². The molecule has 0 radical (unpaired) electrons. The highest BCUT2D eigenvalue weighted by molar-refractivity contribution is 5.95. The average molecular weight is 666 g/mol. The number of carboxylic acid groups (broad SMARTS) is 1. The first-order valence-electron chi connectivity index (χ1n) is 17.2. The Morgan fingerprint density at radius 3 is 2.47 bits per heavy atom. The number of allylic oxidation sites excluding steroid dienone is 1. The fourth-order valence-corrected chi connectivity index (χ4v) is 7.06. The summed E-state index contributed by atoms with van der Waals surface area (Å²) in [4.78, 5) is 32.2. The Morgan fingerprint density at radius 1 is 1.04 bits per heavy atom. The fraction of sp³-hybridized carbons (Fsp3) is 0.436. The second-order valence-electron chi connectivity index (χ2n) is 14.8. The van der Waals surface area contributed by atoms with Gasteiger partial charge in [-0.05, 0) is 88.6 Å². The van der Waals surface area contributed by atoms with Gasteiger partial charge in [0.25, 0.3) is 0 Å². The maximum absolute atomic E-state index is 12.8. The minimum absolute atomic E-state index is 0.174. The van der Waals surface area contributed by atoms with Crippen molar-refractivity contribution in [1.82, 2.24) is 14.6 Å². The van der Waals surface area contributed by atoms with Crippen LogP contribution in [0.25, 0.3) is 28.0 Å². The quantitative estimate of drug-likeness (QED) is 0.225. The monoisotopic (exact) mass is 665 g/mol. The Hall–Kier alpha value is -4.70. The molecule has 5 heterocycles. The van der Waals surface area contributed by atoms with E-state index in [-0.39, 0.29) is 5.41 Å². The number of aliphatic carboxylic acids is 1. The number of hydrogen-bond acceptors (Lipinski definition) is 7. The standard InChI is InChI=1S/C39H47N5O5/c1-24-11-8-7-9-16-39(6)17-19-43(20-18-39)36-33(34(37(46)47)49-38(3,4)5)25(2)41-32-23-30(42-44(32)36)27-13-10-12-26(21-27)29-22-28(35(40)45)14-15-31(29)48-24/h10,12-15,21-23,34H,1,7-9,11,16-20H2,2-6H3,(H2,40,45)(H,46,47)/t34-/m0/s1. The predicted octanol–water partition coefficient (Wildman–Crippen LogP) is 7.87. The molecule has 0 unspecified atom stereocenters. The molecule has 49 heavy (non-hydrogen) atoms. The number of aryl methyl sites for hydroxylation is 1. The van der Waals surface area contributed by atoms with Crippen molar-refractivity contribution in [2.75, 3.05) is 18.0 Å². The van der Waals surface area contributed by atoms with E-state index in [2.05, 4.69) is 18.4 Å². The summed E-state index contributed by atoms with van der Waals surface area (Å²) in [6.45, 7) is 15.5. The Bertz CT molecular complexity index is 1910. The molecule has 1 fully saturated rings. The second kappa shape index (κ2) is 13.3. The molecule has 1 atom stereocenters. The molecule has 1 saturated heterocycles. The highest BCUT2D eigenvalue weighted by atomic mass is 16.5. The van der Waals surface area contributed by atoms with Gasteiger partial charge in [-0.15, -0.1) is 0 Å². The number of aromatic nitrogens is 3. The number of primary amides is 1. The second-order valence-corrected chi connectivity index (χ2v) is 14.8. The maximum atomic E-state index is 12.8. The van der Waals surface area contributed by atoms with Gasteiger partial charge in [0.15, 0.2) is 11.8 Å². The van der Waals surface area contributed by atoms with E-state index in [9.17, 15) is 14.7 Å². The number of benzene rings is 2. The Labute approximate surface area is 287 Å². The van der Waals surface area contributed by atoms with Crippen LogP contribution >= 0.6 is 0 Å². The molecule has 1 amide bonds. The van der Waals surface area contributed by atoms with E-state index < -0.39 is 23.6 Å². The van der Waals surface area contributed by atoms with E-state index in [1.807, 2.05) is 58.0 Å². The summed E-state index contributed by atoms with van der Waals surface area (Å²) in [5, 5.41) is 15.6. The van der Waals surface area contributed by atoms with Crippen LogP contribution in [0.3, 0.4) is 0 Å². The molecule has 2 aromatic carbocycles. The summed E-state index contributed by atoms with van der Waals surface area (Å²) in [6, 6.07) is 15.0. The van der Waals surface area contributed by atoms with Crippen molar-refractivity contribution in [1.29, 1.82) is 0 Å². The molecular weight excluding hydrogens is 618 g/mol. The van der Waals surface area contributed by atoms with Gasteiger partial charge in [-0.1, -0.05) is 44.5 Å². The summed E-state index contributed by atoms with van der Waals surface area (Å²) >= 11 is 0. The third-order valence-electron chi connectivity index (χ3n) is 9.76. The zero-order chi connectivity index (χ0) is 35.1. The molecule has 0 spiro atoms. The third-order valence-corrected chi connectivity index (χ3v) is 9.76. The molecule has 0 saturated carbocycles. The van der Waals surface area contributed by atoms with Gasteiger partial charge in [0.05, 0.1) is 22.6 Å². The van der Waals surface area contributed by atoms with Crippen molar-refractivity contribution in [3.63, 3.8) is 0 Å². The van der Waals surface area contributed by atoms with Gasteiger partial charge in [-0.25, -0.2) is 9.78 Å². The summed E-state index contributed by atoms with van der Waals surface area (Å²) in [5.41, 5.74) is 10.3. The van der Waals surface area contributed by atoms with Crippen molar-refractivity contribution < 1.29 is 24.2 Å². The van der Waals surface area contributed by atoms with Crippen LogP contribution in [0.1, 0.15) is 100 Å². The number of piperidine rings is 1. The van der Waals surface area contributed by atoms with Crippen LogP contribution in [-0.4, -0.2) is 50.3 Å². The molecule has 4 aromatic rings. The number of ether oxygens (including phenoxy) is 2. The lowest BCUT2D eigenvalue weighted by Crippen LogP contribution is -2.41. The predicted molar refractivity (Wildman–Crippen MR) is 191 cm³/mol. The van der Waals surface area contributed by atoms with Crippen LogP contribution in [-0.2, 0) is 9.53 Å². The first-order chi connectivity index (χ1) is 23.2. The third kappa shape index (κ3) is 7.34. The van der Waals surface area contributed by atoms with Crippen LogP contribution in [0.2, 0.25) is 0 Å². The normalized spacial score (nSPS) is 17.4. The molecule has 10 nitrogen and oxygen atoms in total. The van der Waals surface area contributed by atoms with E-state index in [1.165, 1.54) is 0 Å². The van der Waals surface area contributed by atoms with E-state index in [0.29, 0.717) is 45.5 Å². The number of carbonyl (C=O) groups is 2. The van der Waals surface area contributed by atoms with Crippen LogP contribution in [0.4, 0.5) is 5.82 Å². The van der Waals surface area contributed by atoms with Gasteiger partial charge < -0.3 is 25.2 Å². The molecule has 258 valence electrons. The van der Waals surface area contributed by atoms with Crippen molar-refractivity contribution in [2.45, 2.75) is 91.3 Å². The summed E-state index contributed by atoms with van der Waals surface area (Å²) in [7, 11) is 0. The van der Waals surface area contributed by atoms with Crippen LogP contribution in [0, 0.1) is 12.3 Å². The zero-order valence-electron chi connectivity index (χ0n) is 29.2. The Balaban J connectivity index is 1.55. The lowest BCUT2D eigenvalue weighted by Gasteiger charge is -2.41. The van der Waals surface area contributed by atoms with Crippen molar-refractivity contribution in [3.8, 4) is 28.1 Å². The largest absolute Gasteiger partial charge is 0.479 e. The number of fused-ring (bicyclic) bond motifs is 8. The van der Waals surface area contributed by atoms with Crippen LogP contribution in [0.15, 0.2) is 60.9 Å². The smallest absolute Gasteiger partial charge is 0.337 e. The number of anilines is 1. The first-order valence-corrected chi connectivity index (χ1v) is 17.2. The highest BCUT2D eigenvalue weighted by Crippen LogP contribution is 2.42. The maximum Gasteiger partial charge on any atom is 0.337 e. The Morgan fingerprint density at radius 2 is 1.78 bits per heavy atom. The minimum atomic E-state index is -1.23. The lowest BCUT2D eigenvalue weighted by molar-refractivity contribution is -0.160. The van der Waals surface area contributed by atoms with Gasteiger partial charge in [0.1, 0.15) is 11.6 Å². The zero-order valence-corrected chi connectivity index (χ0v) is 29.2.